The van der Waals surface area contributed by atoms with E-state index in [9.17, 15) is 4.79 Å². The molecule has 2 saturated carbocycles. The molecule has 4 atom stereocenters. The predicted molar refractivity (Wildman–Crippen MR) is 80.0 cm³/mol. The fraction of sp³-hybridized carbons (Fsp3) is 0.824. The van der Waals surface area contributed by atoms with Crippen LogP contribution in [0.15, 0.2) is 12.2 Å². The Hall–Kier alpha value is -0.910. The van der Waals surface area contributed by atoms with Gasteiger partial charge in [-0.3, -0.25) is 4.79 Å². The van der Waals surface area contributed by atoms with Gasteiger partial charge in [0.25, 0.3) is 0 Å². The molecule has 0 aromatic rings. The fourth-order valence-electron chi connectivity index (χ4n) is 4.79. The Morgan fingerprint density at radius 2 is 1.82 bits per heavy atom. The summed E-state index contributed by atoms with van der Waals surface area (Å²) in [6.07, 6.45) is 4.98. The van der Waals surface area contributed by atoms with E-state index in [1.165, 1.54) is 6.42 Å². The van der Waals surface area contributed by atoms with Crippen molar-refractivity contribution in [2.24, 2.45) is 0 Å². The summed E-state index contributed by atoms with van der Waals surface area (Å²) in [6.45, 7) is 9.68. The normalized spacial score (nSPS) is 41.8. The first-order chi connectivity index (χ1) is 10.3. The van der Waals surface area contributed by atoms with Gasteiger partial charge in [-0.05, 0) is 32.3 Å². The van der Waals surface area contributed by atoms with Crippen LogP contribution in [0.5, 0.6) is 0 Å². The van der Waals surface area contributed by atoms with Gasteiger partial charge >= 0.3 is 0 Å². The minimum absolute atomic E-state index is 0.00556. The van der Waals surface area contributed by atoms with E-state index in [1.807, 2.05) is 13.8 Å². The Bertz CT molecular complexity index is 523. The topological polar surface area (TPSA) is 48.0 Å². The van der Waals surface area contributed by atoms with Gasteiger partial charge in [0.15, 0.2) is 5.79 Å². The minimum atomic E-state index is -0.624. The third-order valence-electron chi connectivity index (χ3n) is 5.61. The molecule has 0 unspecified atom stereocenters. The average Bonchev–Trinajstić information content (AvgIpc) is 3.00. The molecule has 5 nitrogen and oxygen atoms in total. The lowest BCUT2D eigenvalue weighted by atomic mass is 9.94. The number of carbonyl (C=O) groups is 1. The van der Waals surface area contributed by atoms with E-state index in [2.05, 4.69) is 6.58 Å². The molecule has 1 amide bonds. The molecule has 0 aromatic heterocycles. The summed E-state index contributed by atoms with van der Waals surface area (Å²) in [4.78, 5) is 13.9. The Morgan fingerprint density at radius 3 is 2.45 bits per heavy atom. The lowest BCUT2D eigenvalue weighted by Gasteiger charge is -2.35. The standard InChI is InChI=1S/C17H25NO4/c1-10-12-14(20-16(3,4)18(12)11(2)19)15-13(10)21-17(22-15)8-6-5-7-9-17/h12-15H,1,5-9H2,2-4H3/t12-,13-,14-,15-/m0/s1. The zero-order chi connectivity index (χ0) is 15.7. The van der Waals surface area contributed by atoms with Crippen LogP contribution in [0.25, 0.3) is 0 Å². The van der Waals surface area contributed by atoms with E-state index >= 15 is 0 Å². The van der Waals surface area contributed by atoms with Crippen molar-refractivity contribution < 1.29 is 19.0 Å². The van der Waals surface area contributed by atoms with E-state index in [1.54, 1.807) is 11.8 Å². The quantitative estimate of drug-likeness (QED) is 0.645. The summed E-state index contributed by atoms with van der Waals surface area (Å²) < 4.78 is 18.9. The number of rotatable bonds is 0. The summed E-state index contributed by atoms with van der Waals surface area (Å²) in [5.41, 5.74) is 0.305. The van der Waals surface area contributed by atoms with E-state index in [0.29, 0.717) is 0 Å². The second-order valence-electron chi connectivity index (χ2n) is 7.53. The first-order valence-electron chi connectivity index (χ1n) is 8.37. The molecular formula is C17H25NO4. The smallest absolute Gasteiger partial charge is 0.222 e. The number of carbonyl (C=O) groups excluding carboxylic acids is 1. The van der Waals surface area contributed by atoms with Crippen molar-refractivity contribution in [2.45, 2.75) is 88.7 Å². The summed E-state index contributed by atoms with van der Waals surface area (Å²) in [6, 6.07) is -0.136. The summed E-state index contributed by atoms with van der Waals surface area (Å²) in [5.74, 6) is -0.440. The Labute approximate surface area is 131 Å². The van der Waals surface area contributed by atoms with Crippen LogP contribution in [-0.2, 0) is 19.0 Å². The van der Waals surface area contributed by atoms with Gasteiger partial charge < -0.3 is 19.1 Å². The third kappa shape index (κ3) is 1.85. The van der Waals surface area contributed by atoms with E-state index in [0.717, 1.165) is 31.3 Å². The van der Waals surface area contributed by atoms with Crippen LogP contribution < -0.4 is 0 Å². The highest BCUT2D eigenvalue weighted by molar-refractivity contribution is 5.75. The lowest BCUT2D eigenvalue weighted by molar-refractivity contribution is -0.205. The molecule has 4 rings (SSSR count). The number of ether oxygens (including phenoxy) is 3. The highest BCUT2D eigenvalue weighted by Gasteiger charge is 2.65. The van der Waals surface area contributed by atoms with E-state index in [4.69, 9.17) is 14.2 Å². The van der Waals surface area contributed by atoms with Crippen molar-refractivity contribution in [3.05, 3.63) is 12.2 Å². The number of hydrogen-bond donors (Lipinski definition) is 0. The molecule has 0 N–H and O–H groups in total. The second kappa shape index (κ2) is 4.56. The van der Waals surface area contributed by atoms with Crippen molar-refractivity contribution in [2.75, 3.05) is 0 Å². The molecule has 2 heterocycles. The van der Waals surface area contributed by atoms with Crippen molar-refractivity contribution in [3.63, 3.8) is 0 Å². The lowest BCUT2D eigenvalue weighted by Crippen LogP contribution is -2.48. The SMILES string of the molecule is C=C1[C@@H]2OC3(CCCCC3)O[C@@H]2[C@H]2OC(C)(C)N(C(C)=O)[C@@H]12. The van der Waals surface area contributed by atoms with E-state index < -0.39 is 11.5 Å². The van der Waals surface area contributed by atoms with Crippen molar-refractivity contribution >= 4 is 5.91 Å². The van der Waals surface area contributed by atoms with Gasteiger partial charge in [0.2, 0.25) is 5.91 Å². The molecule has 122 valence electrons. The van der Waals surface area contributed by atoms with Gasteiger partial charge in [-0.15, -0.1) is 0 Å². The molecule has 5 heteroatoms. The molecule has 2 aliphatic carbocycles. The van der Waals surface area contributed by atoms with Crippen molar-refractivity contribution in [3.8, 4) is 0 Å². The largest absolute Gasteiger partial charge is 0.348 e. The average molecular weight is 307 g/mol. The number of amides is 1. The van der Waals surface area contributed by atoms with Gasteiger partial charge in [-0.25, -0.2) is 0 Å². The monoisotopic (exact) mass is 307 g/mol. The summed E-state index contributed by atoms with van der Waals surface area (Å²) >= 11 is 0. The van der Waals surface area contributed by atoms with Crippen LogP contribution in [0.2, 0.25) is 0 Å². The molecule has 2 aliphatic heterocycles. The zero-order valence-corrected chi connectivity index (χ0v) is 13.6. The predicted octanol–water partition coefficient (Wildman–Crippen LogP) is 2.35. The molecule has 4 aliphatic rings. The number of fused-ring (bicyclic) bond motifs is 3. The molecule has 0 aromatic carbocycles. The molecule has 0 radical (unpaired) electrons. The zero-order valence-electron chi connectivity index (χ0n) is 13.6. The first kappa shape index (κ1) is 14.7. The van der Waals surface area contributed by atoms with Crippen LogP contribution in [0, 0.1) is 0 Å². The summed E-state index contributed by atoms with van der Waals surface area (Å²) in [7, 11) is 0. The van der Waals surface area contributed by atoms with Crippen LogP contribution in [0.1, 0.15) is 52.9 Å². The maximum atomic E-state index is 12.1. The van der Waals surface area contributed by atoms with E-state index in [-0.39, 0.29) is 30.3 Å². The van der Waals surface area contributed by atoms with Crippen LogP contribution in [-0.4, -0.2) is 46.7 Å². The van der Waals surface area contributed by atoms with Crippen LogP contribution >= 0.6 is 0 Å². The van der Waals surface area contributed by atoms with Gasteiger partial charge in [0.05, 0.1) is 6.04 Å². The number of nitrogens with zero attached hydrogens (tertiary/aromatic N) is 1. The minimum Gasteiger partial charge on any atom is -0.348 e. The Morgan fingerprint density at radius 1 is 1.14 bits per heavy atom. The molecule has 22 heavy (non-hydrogen) atoms. The van der Waals surface area contributed by atoms with Crippen molar-refractivity contribution in [1.29, 1.82) is 0 Å². The maximum absolute atomic E-state index is 12.1. The molecule has 0 bridgehead atoms. The highest BCUT2D eigenvalue weighted by atomic mass is 16.8. The molecule has 1 spiro atoms. The first-order valence-corrected chi connectivity index (χ1v) is 8.37. The van der Waals surface area contributed by atoms with Gasteiger partial charge in [0.1, 0.15) is 24.0 Å². The Kier molecular flexibility index (Phi) is 3.04. The molecule has 4 fully saturated rings. The fourth-order valence-corrected chi connectivity index (χ4v) is 4.79. The molecular weight excluding hydrogens is 282 g/mol. The van der Waals surface area contributed by atoms with Crippen LogP contribution in [0.3, 0.4) is 0 Å². The maximum Gasteiger partial charge on any atom is 0.222 e. The van der Waals surface area contributed by atoms with Gasteiger partial charge in [0, 0.05) is 19.8 Å². The Balaban J connectivity index is 1.63. The van der Waals surface area contributed by atoms with Crippen LogP contribution in [0.4, 0.5) is 0 Å². The van der Waals surface area contributed by atoms with Gasteiger partial charge in [-0.1, -0.05) is 13.0 Å². The second-order valence-corrected chi connectivity index (χ2v) is 7.53. The third-order valence-corrected chi connectivity index (χ3v) is 5.61. The number of hydrogen-bond acceptors (Lipinski definition) is 4. The van der Waals surface area contributed by atoms with Gasteiger partial charge in [-0.2, -0.15) is 0 Å². The highest BCUT2D eigenvalue weighted by Crippen LogP contribution is 2.52. The summed E-state index contributed by atoms with van der Waals surface area (Å²) in [5, 5.41) is 0. The van der Waals surface area contributed by atoms with Crippen molar-refractivity contribution in [1.82, 2.24) is 4.90 Å². The molecule has 2 saturated heterocycles.